The molecule has 32 heavy (non-hydrogen) atoms. The van der Waals surface area contributed by atoms with Gasteiger partial charge in [-0.3, -0.25) is 0 Å². The number of rotatable bonds is 7. The third kappa shape index (κ3) is 4.59. The van der Waals surface area contributed by atoms with Crippen LogP contribution in [0.4, 0.5) is 5.95 Å². The summed E-state index contributed by atoms with van der Waals surface area (Å²) in [4.78, 5) is 17.6. The zero-order valence-electron chi connectivity index (χ0n) is 17.8. The van der Waals surface area contributed by atoms with E-state index in [0.717, 1.165) is 16.7 Å². The zero-order chi connectivity index (χ0) is 22.7. The Balaban J connectivity index is 1.70. The molecule has 0 fully saturated rings. The van der Waals surface area contributed by atoms with Gasteiger partial charge in [0.2, 0.25) is 11.1 Å². The smallest absolute Gasteiger partial charge is 0.338 e. The molecule has 0 unspecified atom stereocenters. The molecule has 3 aromatic rings. The number of halogens is 1. The lowest BCUT2D eigenvalue weighted by molar-refractivity contribution is -0.138. The van der Waals surface area contributed by atoms with Crippen molar-refractivity contribution in [3.63, 3.8) is 0 Å². The Hall–Kier alpha value is -3.03. The number of anilines is 1. The highest BCUT2D eigenvalue weighted by Gasteiger charge is 2.35. The number of thioether (sulfide) groups is 1. The molecule has 2 aromatic carbocycles. The summed E-state index contributed by atoms with van der Waals surface area (Å²) in [5, 5.41) is 9.25. The molecule has 1 atom stereocenters. The molecule has 6 nitrogen and oxygen atoms in total. The van der Waals surface area contributed by atoms with Crippen LogP contribution < -0.4 is 5.32 Å². The quantitative estimate of drug-likeness (QED) is 0.279. The fourth-order valence-electron chi connectivity index (χ4n) is 3.58. The molecular formula is C24H23ClN4O2S. The molecule has 0 saturated carbocycles. The van der Waals surface area contributed by atoms with Gasteiger partial charge in [-0.1, -0.05) is 84.0 Å². The summed E-state index contributed by atoms with van der Waals surface area (Å²) in [5.74, 6) is 0.808. The lowest BCUT2D eigenvalue weighted by Crippen LogP contribution is -2.29. The van der Waals surface area contributed by atoms with Crippen molar-refractivity contribution in [3.8, 4) is 0 Å². The van der Waals surface area contributed by atoms with Crippen molar-refractivity contribution in [2.24, 2.45) is 0 Å². The summed E-state index contributed by atoms with van der Waals surface area (Å²) < 4.78 is 7.14. The fraction of sp³-hybridized carbons (Fsp3) is 0.208. The van der Waals surface area contributed by atoms with Gasteiger partial charge in [-0.15, -0.1) is 5.10 Å². The molecule has 0 bridgehead atoms. The Kier molecular flexibility index (Phi) is 6.67. The van der Waals surface area contributed by atoms with E-state index in [1.54, 1.807) is 10.8 Å². The maximum Gasteiger partial charge on any atom is 0.338 e. The molecule has 0 spiro atoms. The Morgan fingerprint density at radius 2 is 2.09 bits per heavy atom. The third-order valence-corrected chi connectivity index (χ3v) is 6.31. The van der Waals surface area contributed by atoms with Gasteiger partial charge in [0.1, 0.15) is 12.6 Å². The second kappa shape index (κ2) is 9.63. The number of esters is 1. The molecule has 2 heterocycles. The standard InChI is InChI=1S/C24H23ClN4O2S/c1-4-12-31-22(30)20-16(3)26-23-27-24(32-14-18-9-5-6-11-19(18)25)28-29(23)21(20)17-10-7-8-15(2)13-17/h4-11,13,21H,1,12,14H2,2-3H3,(H,26,27,28)/t21-/m0/s1. The van der Waals surface area contributed by atoms with E-state index in [0.29, 0.717) is 33.2 Å². The van der Waals surface area contributed by atoms with Crippen LogP contribution in [-0.2, 0) is 15.3 Å². The van der Waals surface area contributed by atoms with Crippen LogP contribution in [0.15, 0.2) is 77.6 Å². The second-order valence-electron chi connectivity index (χ2n) is 7.41. The molecule has 0 saturated heterocycles. The normalized spacial score (nSPS) is 15.2. The first kappa shape index (κ1) is 22.2. The summed E-state index contributed by atoms with van der Waals surface area (Å²) in [6, 6.07) is 15.3. The number of nitrogens with zero attached hydrogens (tertiary/aromatic N) is 3. The van der Waals surface area contributed by atoms with Gasteiger partial charge >= 0.3 is 5.97 Å². The Bertz CT molecular complexity index is 1200. The van der Waals surface area contributed by atoms with Crippen molar-refractivity contribution in [1.82, 2.24) is 14.8 Å². The Labute approximate surface area is 196 Å². The van der Waals surface area contributed by atoms with Gasteiger partial charge in [0.05, 0.1) is 5.57 Å². The average Bonchev–Trinajstić information content (AvgIpc) is 3.18. The molecule has 1 aromatic heterocycles. The Morgan fingerprint density at radius 1 is 1.28 bits per heavy atom. The molecule has 0 aliphatic carbocycles. The van der Waals surface area contributed by atoms with Crippen molar-refractivity contribution in [2.75, 3.05) is 11.9 Å². The van der Waals surface area contributed by atoms with Gasteiger partial charge in [-0.2, -0.15) is 4.98 Å². The maximum atomic E-state index is 13.0. The summed E-state index contributed by atoms with van der Waals surface area (Å²) >= 11 is 7.78. The van der Waals surface area contributed by atoms with Crippen LogP contribution in [0.5, 0.6) is 0 Å². The Morgan fingerprint density at radius 3 is 2.84 bits per heavy atom. The van der Waals surface area contributed by atoms with Crippen LogP contribution in [0.25, 0.3) is 0 Å². The number of benzene rings is 2. The largest absolute Gasteiger partial charge is 0.458 e. The van der Waals surface area contributed by atoms with Crippen LogP contribution in [0.2, 0.25) is 5.02 Å². The highest BCUT2D eigenvalue weighted by Crippen LogP contribution is 2.37. The summed E-state index contributed by atoms with van der Waals surface area (Å²) in [6.45, 7) is 7.63. The van der Waals surface area contributed by atoms with Crippen molar-refractivity contribution < 1.29 is 9.53 Å². The summed E-state index contributed by atoms with van der Waals surface area (Å²) in [5.41, 5.74) is 4.22. The minimum Gasteiger partial charge on any atom is -0.458 e. The number of nitrogens with one attached hydrogen (secondary N) is 1. The molecule has 1 N–H and O–H groups in total. The number of aryl methyl sites for hydroxylation is 1. The van der Waals surface area contributed by atoms with Gasteiger partial charge in [-0.05, 0) is 31.0 Å². The topological polar surface area (TPSA) is 69.0 Å². The minimum atomic E-state index is -0.453. The van der Waals surface area contributed by atoms with E-state index >= 15 is 0 Å². The maximum absolute atomic E-state index is 13.0. The third-order valence-electron chi connectivity index (χ3n) is 5.06. The molecule has 1 aliphatic rings. The van der Waals surface area contributed by atoms with E-state index in [1.165, 1.54) is 11.8 Å². The van der Waals surface area contributed by atoms with E-state index in [1.807, 2.05) is 62.4 Å². The number of carbonyl (C=O) groups is 1. The fourth-order valence-corrected chi connectivity index (χ4v) is 4.69. The van der Waals surface area contributed by atoms with Crippen LogP contribution in [0, 0.1) is 6.92 Å². The average molecular weight is 467 g/mol. The summed E-state index contributed by atoms with van der Waals surface area (Å²) in [7, 11) is 0. The lowest BCUT2D eigenvalue weighted by Gasteiger charge is -2.28. The predicted molar refractivity (Wildman–Crippen MR) is 128 cm³/mol. The SMILES string of the molecule is C=CCOC(=O)C1=C(C)Nc2nc(SCc3ccccc3Cl)nn2[C@H]1c1cccc(C)c1. The van der Waals surface area contributed by atoms with Gasteiger partial charge < -0.3 is 10.1 Å². The first-order chi connectivity index (χ1) is 15.5. The monoisotopic (exact) mass is 466 g/mol. The predicted octanol–water partition coefficient (Wildman–Crippen LogP) is 5.55. The van der Waals surface area contributed by atoms with E-state index in [9.17, 15) is 4.79 Å². The van der Waals surface area contributed by atoms with Gasteiger partial charge in [0, 0.05) is 16.5 Å². The highest BCUT2D eigenvalue weighted by atomic mass is 35.5. The minimum absolute atomic E-state index is 0.138. The number of allylic oxidation sites excluding steroid dienone is 1. The van der Waals surface area contributed by atoms with Crippen molar-refractivity contribution in [3.05, 3.63) is 94.2 Å². The van der Waals surface area contributed by atoms with E-state index < -0.39 is 12.0 Å². The lowest BCUT2D eigenvalue weighted by atomic mass is 9.95. The number of hydrogen-bond donors (Lipinski definition) is 1. The van der Waals surface area contributed by atoms with Gasteiger partial charge in [0.25, 0.3) is 0 Å². The van der Waals surface area contributed by atoms with Gasteiger partial charge in [-0.25, -0.2) is 9.48 Å². The number of ether oxygens (including phenoxy) is 1. The molecule has 0 radical (unpaired) electrons. The van der Waals surface area contributed by atoms with E-state index in [2.05, 4.69) is 16.9 Å². The van der Waals surface area contributed by atoms with Crippen LogP contribution >= 0.6 is 23.4 Å². The van der Waals surface area contributed by atoms with Crippen molar-refractivity contribution in [2.45, 2.75) is 30.8 Å². The van der Waals surface area contributed by atoms with Crippen molar-refractivity contribution in [1.29, 1.82) is 0 Å². The number of carbonyl (C=O) groups excluding carboxylic acids is 1. The molecule has 1 aliphatic heterocycles. The van der Waals surface area contributed by atoms with E-state index in [-0.39, 0.29) is 6.61 Å². The summed E-state index contributed by atoms with van der Waals surface area (Å²) in [6.07, 6.45) is 1.55. The van der Waals surface area contributed by atoms with E-state index in [4.69, 9.17) is 21.4 Å². The number of hydrogen-bond acceptors (Lipinski definition) is 6. The number of aromatic nitrogens is 3. The molecule has 4 rings (SSSR count). The van der Waals surface area contributed by atoms with Crippen molar-refractivity contribution >= 4 is 35.3 Å². The van der Waals surface area contributed by atoms with Crippen LogP contribution in [0.3, 0.4) is 0 Å². The van der Waals surface area contributed by atoms with Gasteiger partial charge in [0.15, 0.2) is 0 Å². The first-order valence-electron chi connectivity index (χ1n) is 10.1. The zero-order valence-corrected chi connectivity index (χ0v) is 19.4. The van der Waals surface area contributed by atoms with Crippen LogP contribution in [0.1, 0.15) is 29.7 Å². The molecule has 8 heteroatoms. The highest BCUT2D eigenvalue weighted by molar-refractivity contribution is 7.98. The van der Waals surface area contributed by atoms with Crippen LogP contribution in [-0.4, -0.2) is 27.3 Å². The molecule has 0 amide bonds. The molecular weight excluding hydrogens is 444 g/mol. The number of fused-ring (bicyclic) bond motifs is 1. The first-order valence-corrected chi connectivity index (χ1v) is 11.5. The molecule has 164 valence electrons. The second-order valence-corrected chi connectivity index (χ2v) is 8.76.